The molecule has 0 heterocycles. The zero-order valence-electron chi connectivity index (χ0n) is 11.2. The molecule has 0 unspecified atom stereocenters. The van der Waals surface area contributed by atoms with Gasteiger partial charge in [0.05, 0.1) is 19.2 Å². The molecule has 106 valence electrons. The smallest absolute Gasteiger partial charge is 0.142 e. The number of methoxy groups -OCH3 is 2. The number of hydrogen-bond acceptors (Lipinski definition) is 3. The molecule has 0 saturated carbocycles. The average Bonchev–Trinajstić information content (AvgIpc) is 2.45. The van der Waals surface area contributed by atoms with Crippen molar-refractivity contribution in [1.29, 1.82) is 0 Å². The Hall–Kier alpha value is -1.58. The Bertz CT molecular complexity index is 602. The minimum atomic E-state index is 0.502. The van der Waals surface area contributed by atoms with E-state index < -0.39 is 0 Å². The van der Waals surface area contributed by atoms with E-state index in [0.29, 0.717) is 22.3 Å². The van der Waals surface area contributed by atoms with Crippen LogP contribution in [0.3, 0.4) is 0 Å². The van der Waals surface area contributed by atoms with Gasteiger partial charge in [0.25, 0.3) is 0 Å². The lowest BCUT2D eigenvalue weighted by Gasteiger charge is -2.13. The SMILES string of the molecule is COc1cccc(NCc2cc(Cl)cc(Cl)c2OC)c1. The van der Waals surface area contributed by atoms with Crippen molar-refractivity contribution >= 4 is 28.9 Å². The Morgan fingerprint density at radius 2 is 1.85 bits per heavy atom. The van der Waals surface area contributed by atoms with Crippen LogP contribution in [0.15, 0.2) is 36.4 Å². The topological polar surface area (TPSA) is 30.5 Å². The fourth-order valence-electron chi connectivity index (χ4n) is 1.90. The zero-order chi connectivity index (χ0) is 14.5. The minimum Gasteiger partial charge on any atom is -0.497 e. The summed E-state index contributed by atoms with van der Waals surface area (Å²) in [5.41, 5.74) is 1.84. The monoisotopic (exact) mass is 311 g/mol. The molecule has 0 fully saturated rings. The molecule has 0 aliphatic carbocycles. The lowest BCUT2D eigenvalue weighted by Crippen LogP contribution is -2.02. The number of nitrogens with one attached hydrogen (secondary N) is 1. The summed E-state index contributed by atoms with van der Waals surface area (Å²) in [6, 6.07) is 11.2. The van der Waals surface area contributed by atoms with Crippen LogP contribution in [0.25, 0.3) is 0 Å². The van der Waals surface area contributed by atoms with E-state index in [4.69, 9.17) is 32.7 Å². The van der Waals surface area contributed by atoms with E-state index in [1.165, 1.54) is 0 Å². The summed E-state index contributed by atoms with van der Waals surface area (Å²) in [6.45, 7) is 0.552. The molecule has 2 aromatic rings. The van der Waals surface area contributed by atoms with Gasteiger partial charge in [0, 0.05) is 28.9 Å². The number of hydrogen-bond donors (Lipinski definition) is 1. The van der Waals surface area contributed by atoms with Crippen LogP contribution in [-0.2, 0) is 6.54 Å². The third kappa shape index (κ3) is 3.50. The normalized spacial score (nSPS) is 10.2. The van der Waals surface area contributed by atoms with Crippen molar-refractivity contribution in [3.8, 4) is 11.5 Å². The van der Waals surface area contributed by atoms with Crippen LogP contribution in [-0.4, -0.2) is 14.2 Å². The highest BCUT2D eigenvalue weighted by atomic mass is 35.5. The van der Waals surface area contributed by atoms with Crippen LogP contribution in [0.4, 0.5) is 5.69 Å². The molecule has 2 aromatic carbocycles. The van der Waals surface area contributed by atoms with Gasteiger partial charge in [0.15, 0.2) is 0 Å². The van der Waals surface area contributed by atoms with Gasteiger partial charge in [-0.25, -0.2) is 0 Å². The van der Waals surface area contributed by atoms with Crippen molar-refractivity contribution in [3.05, 3.63) is 52.0 Å². The maximum Gasteiger partial charge on any atom is 0.142 e. The molecule has 0 aliphatic rings. The van der Waals surface area contributed by atoms with Crippen LogP contribution in [0.2, 0.25) is 10.0 Å². The minimum absolute atomic E-state index is 0.502. The van der Waals surface area contributed by atoms with Crippen LogP contribution < -0.4 is 14.8 Å². The Morgan fingerprint density at radius 1 is 1.05 bits per heavy atom. The summed E-state index contributed by atoms with van der Waals surface area (Å²) >= 11 is 12.1. The fourth-order valence-corrected chi connectivity index (χ4v) is 2.52. The summed E-state index contributed by atoms with van der Waals surface area (Å²) in [5, 5.41) is 4.37. The molecule has 0 bridgehead atoms. The predicted molar refractivity (Wildman–Crippen MR) is 83.3 cm³/mol. The van der Waals surface area contributed by atoms with Gasteiger partial charge in [-0.3, -0.25) is 0 Å². The van der Waals surface area contributed by atoms with Crippen molar-refractivity contribution < 1.29 is 9.47 Å². The third-order valence-electron chi connectivity index (χ3n) is 2.84. The Labute approximate surface area is 128 Å². The van der Waals surface area contributed by atoms with Gasteiger partial charge in [-0.2, -0.15) is 0 Å². The number of anilines is 1. The van der Waals surface area contributed by atoms with Crippen LogP contribution >= 0.6 is 23.2 Å². The lowest BCUT2D eigenvalue weighted by molar-refractivity contribution is 0.410. The first-order valence-corrected chi connectivity index (χ1v) is 6.79. The zero-order valence-corrected chi connectivity index (χ0v) is 12.8. The van der Waals surface area contributed by atoms with Gasteiger partial charge in [0.2, 0.25) is 0 Å². The van der Waals surface area contributed by atoms with Crippen LogP contribution in [0.1, 0.15) is 5.56 Å². The molecule has 0 atom stereocenters. The highest BCUT2D eigenvalue weighted by Gasteiger charge is 2.09. The summed E-state index contributed by atoms with van der Waals surface area (Å²) in [5.74, 6) is 1.43. The second-order valence-electron chi connectivity index (χ2n) is 4.17. The lowest BCUT2D eigenvalue weighted by atomic mass is 10.2. The maximum absolute atomic E-state index is 6.11. The van der Waals surface area contributed by atoms with E-state index in [1.54, 1.807) is 20.3 Å². The largest absolute Gasteiger partial charge is 0.497 e. The Kier molecular flexibility index (Phi) is 4.99. The van der Waals surface area contributed by atoms with Gasteiger partial charge >= 0.3 is 0 Å². The number of rotatable bonds is 5. The van der Waals surface area contributed by atoms with Crippen molar-refractivity contribution in [3.63, 3.8) is 0 Å². The summed E-state index contributed by atoms with van der Waals surface area (Å²) in [7, 11) is 3.23. The van der Waals surface area contributed by atoms with Gasteiger partial charge in [-0.05, 0) is 24.3 Å². The molecule has 0 aromatic heterocycles. The Balaban J connectivity index is 2.18. The predicted octanol–water partition coefficient (Wildman–Crippen LogP) is 4.62. The summed E-state index contributed by atoms with van der Waals surface area (Å²) < 4.78 is 10.5. The molecule has 1 N–H and O–H groups in total. The van der Waals surface area contributed by atoms with Gasteiger partial charge < -0.3 is 14.8 Å². The second-order valence-corrected chi connectivity index (χ2v) is 5.01. The van der Waals surface area contributed by atoms with Crippen LogP contribution in [0.5, 0.6) is 11.5 Å². The summed E-state index contributed by atoms with van der Waals surface area (Å²) in [6.07, 6.45) is 0. The molecule has 0 spiro atoms. The number of halogens is 2. The van der Waals surface area contributed by atoms with Crippen molar-refractivity contribution in [2.45, 2.75) is 6.54 Å². The van der Waals surface area contributed by atoms with E-state index in [1.807, 2.05) is 30.3 Å². The van der Waals surface area contributed by atoms with E-state index in [-0.39, 0.29) is 0 Å². The molecule has 0 amide bonds. The van der Waals surface area contributed by atoms with E-state index in [0.717, 1.165) is 17.0 Å². The van der Waals surface area contributed by atoms with E-state index in [9.17, 15) is 0 Å². The fraction of sp³-hybridized carbons (Fsp3) is 0.200. The van der Waals surface area contributed by atoms with Gasteiger partial charge in [0.1, 0.15) is 11.5 Å². The second kappa shape index (κ2) is 6.73. The highest BCUT2D eigenvalue weighted by Crippen LogP contribution is 2.32. The summed E-state index contributed by atoms with van der Waals surface area (Å²) in [4.78, 5) is 0. The molecule has 20 heavy (non-hydrogen) atoms. The molecule has 0 aliphatic heterocycles. The first-order chi connectivity index (χ1) is 9.63. The maximum atomic E-state index is 6.11. The molecule has 3 nitrogen and oxygen atoms in total. The highest BCUT2D eigenvalue weighted by molar-refractivity contribution is 6.35. The molecule has 0 saturated heterocycles. The van der Waals surface area contributed by atoms with Gasteiger partial charge in [-0.15, -0.1) is 0 Å². The molecule has 2 rings (SSSR count). The van der Waals surface area contributed by atoms with Gasteiger partial charge in [-0.1, -0.05) is 29.3 Å². The quantitative estimate of drug-likeness (QED) is 0.873. The third-order valence-corrected chi connectivity index (χ3v) is 3.34. The first-order valence-electron chi connectivity index (χ1n) is 6.04. The van der Waals surface area contributed by atoms with E-state index >= 15 is 0 Å². The average molecular weight is 312 g/mol. The standard InChI is InChI=1S/C15H15Cl2NO2/c1-19-13-5-3-4-12(8-13)18-9-10-6-11(16)7-14(17)15(10)20-2/h3-8,18H,9H2,1-2H3. The van der Waals surface area contributed by atoms with E-state index in [2.05, 4.69) is 5.32 Å². The van der Waals surface area contributed by atoms with Crippen molar-refractivity contribution in [2.75, 3.05) is 19.5 Å². The first kappa shape index (κ1) is 14.8. The number of benzene rings is 2. The molecule has 0 radical (unpaired) electrons. The van der Waals surface area contributed by atoms with Crippen molar-refractivity contribution in [2.24, 2.45) is 0 Å². The Morgan fingerprint density at radius 3 is 2.55 bits per heavy atom. The molecule has 5 heteroatoms. The molecular weight excluding hydrogens is 297 g/mol. The molecular formula is C15H15Cl2NO2. The number of ether oxygens (including phenoxy) is 2. The van der Waals surface area contributed by atoms with Crippen LogP contribution in [0, 0.1) is 0 Å². The van der Waals surface area contributed by atoms with Crippen molar-refractivity contribution in [1.82, 2.24) is 0 Å².